The highest BCUT2D eigenvalue weighted by molar-refractivity contribution is 5.57. The minimum atomic E-state index is -0.0667. The molecule has 2 atom stereocenters. The summed E-state index contributed by atoms with van der Waals surface area (Å²) in [4.78, 5) is 13.7. The molecule has 6 heteroatoms. The number of halogens is 1. The topological polar surface area (TPSA) is 16.2 Å². The molecule has 1 aromatic carbocycles. The first-order valence-corrected chi connectivity index (χ1v) is 27.5. The SMILES string of the molecule is CCN1C(C)(C)CC(c2c(F)c(C3CC(C)(C)N(CC)C(C)(C)C3)c(C3CC(C)(C)N(C)C(C)(CC)C3)c(C3CC(C)(C)N(CC)C(C)(C)C3)c2C2CC(C)(C)N(C)C(C)(C)C2)CC1(C)C. The van der Waals surface area contributed by atoms with Gasteiger partial charge in [-0.2, -0.15) is 0 Å². The standard InChI is InChI=1S/C60H108FN5/c1-26-60(23)39-44(32-53(9,10)63(60)25)47-45(41-33-54(11,12)64(27-2)55(13,14)34-41)46(40-30-51(5,6)62(24)52(7,8)31-40)48(42-35-56(15,16)65(28-3)57(17,18)36-42)50(61)49(47)43-37-58(19,20)66(29-4)59(21,22)38-43/h40-44H,26-39H2,1-25H3. The van der Waals surface area contributed by atoms with E-state index >= 15 is 4.39 Å². The zero-order valence-corrected chi connectivity index (χ0v) is 48.4. The number of hydrogen-bond acceptors (Lipinski definition) is 5. The number of benzene rings is 1. The Morgan fingerprint density at radius 3 is 0.803 bits per heavy atom. The van der Waals surface area contributed by atoms with Crippen molar-refractivity contribution >= 4 is 0 Å². The summed E-state index contributed by atoms with van der Waals surface area (Å²) in [5.41, 5.74) is 6.56. The van der Waals surface area contributed by atoms with Crippen LogP contribution in [-0.4, -0.2) is 114 Å². The maximum atomic E-state index is 20.4. The van der Waals surface area contributed by atoms with E-state index in [2.05, 4.69) is 198 Å². The molecule has 5 aliphatic heterocycles. The quantitative estimate of drug-likeness (QED) is 0.245. The number of piperidine rings is 5. The second kappa shape index (κ2) is 17.3. The van der Waals surface area contributed by atoms with Gasteiger partial charge in [0.25, 0.3) is 0 Å². The summed E-state index contributed by atoms with van der Waals surface area (Å²) < 4.78 is 20.4. The molecule has 1 aromatic rings. The van der Waals surface area contributed by atoms with Crippen molar-refractivity contribution in [2.24, 2.45) is 0 Å². The van der Waals surface area contributed by atoms with Crippen LogP contribution in [0.25, 0.3) is 0 Å². The van der Waals surface area contributed by atoms with E-state index in [1.807, 2.05) is 0 Å². The van der Waals surface area contributed by atoms with Gasteiger partial charge in [0.1, 0.15) is 5.82 Å². The molecule has 5 fully saturated rings. The Balaban J connectivity index is 1.87. The molecule has 0 saturated carbocycles. The van der Waals surface area contributed by atoms with E-state index in [-0.39, 0.29) is 84.9 Å². The van der Waals surface area contributed by atoms with Gasteiger partial charge in [0, 0.05) is 55.4 Å². The summed E-state index contributed by atoms with van der Waals surface area (Å²) in [6.07, 6.45) is 11.5. The largest absolute Gasteiger partial charge is 0.296 e. The molecule has 5 heterocycles. The van der Waals surface area contributed by atoms with E-state index in [9.17, 15) is 0 Å². The van der Waals surface area contributed by atoms with E-state index < -0.39 is 0 Å². The molecule has 0 radical (unpaired) electrons. The number of hydrogen-bond donors (Lipinski definition) is 0. The average Bonchev–Trinajstić information content (AvgIpc) is 3.12. The van der Waals surface area contributed by atoms with Crippen LogP contribution in [0, 0.1) is 5.82 Å². The first-order valence-electron chi connectivity index (χ1n) is 27.5. The van der Waals surface area contributed by atoms with E-state index in [1.165, 1.54) is 11.1 Å². The summed E-state index contributed by atoms with van der Waals surface area (Å²) in [7, 11) is 4.76. The van der Waals surface area contributed by atoms with Gasteiger partial charge in [-0.25, -0.2) is 4.39 Å². The predicted octanol–water partition coefficient (Wildman–Crippen LogP) is 15.2. The van der Waals surface area contributed by atoms with Crippen LogP contribution in [0.3, 0.4) is 0 Å². The molecule has 0 bridgehead atoms. The highest BCUT2D eigenvalue weighted by Gasteiger charge is 2.56. The smallest absolute Gasteiger partial charge is 0.130 e. The van der Waals surface area contributed by atoms with Gasteiger partial charge in [0.05, 0.1) is 0 Å². The van der Waals surface area contributed by atoms with Crippen LogP contribution in [-0.2, 0) is 0 Å². The maximum absolute atomic E-state index is 20.4. The molecule has 66 heavy (non-hydrogen) atoms. The van der Waals surface area contributed by atoms with Crippen LogP contribution in [0.4, 0.5) is 4.39 Å². The molecule has 6 rings (SSSR count). The Hall–Kier alpha value is -1.05. The third-order valence-corrected chi connectivity index (χ3v) is 20.7. The van der Waals surface area contributed by atoms with Crippen molar-refractivity contribution in [1.82, 2.24) is 24.5 Å². The lowest BCUT2D eigenvalue weighted by Gasteiger charge is -2.60. The second-order valence-corrected chi connectivity index (χ2v) is 29.4. The van der Waals surface area contributed by atoms with Crippen LogP contribution >= 0.6 is 0 Å². The number of rotatable bonds is 9. The first kappa shape index (κ1) is 54.3. The molecule has 0 spiro atoms. The zero-order valence-electron chi connectivity index (χ0n) is 48.4. The summed E-state index contributed by atoms with van der Waals surface area (Å²) in [6.45, 7) is 60.0. The van der Waals surface area contributed by atoms with Gasteiger partial charge in [-0.1, -0.05) is 27.7 Å². The maximum Gasteiger partial charge on any atom is 0.130 e. The molecule has 0 amide bonds. The Morgan fingerprint density at radius 2 is 0.545 bits per heavy atom. The summed E-state index contributed by atoms with van der Waals surface area (Å²) in [5.74, 6) is 1.34. The highest BCUT2D eigenvalue weighted by atomic mass is 19.1. The molecule has 5 nitrogen and oxygen atoms in total. The molecule has 5 aliphatic rings. The Bertz CT molecular complexity index is 1860. The molecule has 0 aliphatic carbocycles. The molecule has 0 aromatic heterocycles. The fraction of sp³-hybridized carbons (Fsp3) is 0.900. The minimum Gasteiger partial charge on any atom is -0.296 e. The first-order chi connectivity index (χ1) is 29.8. The fourth-order valence-corrected chi connectivity index (χ4v) is 18.4. The third-order valence-electron chi connectivity index (χ3n) is 20.7. The van der Waals surface area contributed by atoms with Crippen molar-refractivity contribution in [3.05, 3.63) is 33.6 Å². The highest BCUT2D eigenvalue weighted by Crippen LogP contribution is 2.61. The Morgan fingerprint density at radius 1 is 0.333 bits per heavy atom. The van der Waals surface area contributed by atoms with Crippen LogP contribution in [0.5, 0.6) is 0 Å². The molecular weight excluding hydrogens is 810 g/mol. The molecule has 380 valence electrons. The van der Waals surface area contributed by atoms with E-state index in [0.29, 0.717) is 5.92 Å². The lowest BCUT2D eigenvalue weighted by Crippen LogP contribution is -2.61. The monoisotopic (exact) mass is 918 g/mol. The van der Waals surface area contributed by atoms with Crippen molar-refractivity contribution in [2.75, 3.05) is 33.7 Å². The van der Waals surface area contributed by atoms with E-state index in [1.54, 1.807) is 5.56 Å². The van der Waals surface area contributed by atoms with Crippen LogP contribution in [0.15, 0.2) is 0 Å². The van der Waals surface area contributed by atoms with Gasteiger partial charge in [-0.15, -0.1) is 0 Å². The van der Waals surface area contributed by atoms with Gasteiger partial charge < -0.3 is 0 Å². The molecular formula is C60H108FN5. The average molecular weight is 919 g/mol. The zero-order chi connectivity index (χ0) is 50.1. The lowest BCUT2D eigenvalue weighted by atomic mass is 9.58. The van der Waals surface area contributed by atoms with Gasteiger partial charge in [-0.3, -0.25) is 24.5 Å². The summed E-state index contributed by atoms with van der Waals surface area (Å²) in [5, 5.41) is 0. The molecule has 5 saturated heterocycles. The summed E-state index contributed by atoms with van der Waals surface area (Å²) in [6, 6.07) is 0. The lowest BCUT2D eigenvalue weighted by molar-refractivity contribution is -0.0380. The summed E-state index contributed by atoms with van der Waals surface area (Å²) >= 11 is 0. The second-order valence-electron chi connectivity index (χ2n) is 29.4. The van der Waals surface area contributed by atoms with Gasteiger partial charge >= 0.3 is 0 Å². The fourth-order valence-electron chi connectivity index (χ4n) is 18.4. The van der Waals surface area contributed by atoms with E-state index in [4.69, 9.17) is 0 Å². The van der Waals surface area contributed by atoms with Crippen molar-refractivity contribution in [3.8, 4) is 0 Å². The van der Waals surface area contributed by atoms with Crippen LogP contribution < -0.4 is 0 Å². The Kier molecular flexibility index (Phi) is 14.2. The molecule has 2 unspecified atom stereocenters. The van der Waals surface area contributed by atoms with Crippen molar-refractivity contribution in [1.29, 1.82) is 0 Å². The third kappa shape index (κ3) is 9.21. The molecule has 0 N–H and O–H groups in total. The number of nitrogens with zero attached hydrogens (tertiary/aromatic N) is 5. The van der Waals surface area contributed by atoms with Crippen molar-refractivity contribution in [3.63, 3.8) is 0 Å². The van der Waals surface area contributed by atoms with Gasteiger partial charge in [-0.05, 0) is 293 Å². The van der Waals surface area contributed by atoms with Crippen LogP contribution in [0.1, 0.15) is 287 Å². The normalized spacial score (nSPS) is 32.2. The van der Waals surface area contributed by atoms with E-state index in [0.717, 1.165) is 101 Å². The Labute approximate surface area is 409 Å². The predicted molar refractivity (Wildman–Crippen MR) is 284 cm³/mol. The van der Waals surface area contributed by atoms with Gasteiger partial charge in [0.15, 0.2) is 0 Å². The van der Waals surface area contributed by atoms with Crippen molar-refractivity contribution in [2.45, 2.75) is 315 Å². The van der Waals surface area contributed by atoms with Crippen LogP contribution in [0.2, 0.25) is 0 Å². The number of likely N-dealkylation sites (tertiary alicyclic amines) is 5. The minimum absolute atomic E-state index is 0.00304. The van der Waals surface area contributed by atoms with Crippen molar-refractivity contribution < 1.29 is 4.39 Å². The van der Waals surface area contributed by atoms with Gasteiger partial charge in [0.2, 0.25) is 0 Å².